The van der Waals surface area contributed by atoms with Gasteiger partial charge in [0.25, 0.3) is 0 Å². The van der Waals surface area contributed by atoms with Crippen molar-refractivity contribution < 1.29 is 4.74 Å². The summed E-state index contributed by atoms with van der Waals surface area (Å²) >= 11 is 6.03. The number of benzene rings is 2. The average Bonchev–Trinajstić information content (AvgIpc) is 2.86. The van der Waals surface area contributed by atoms with Crippen LogP contribution in [0.2, 0.25) is 5.15 Å². The monoisotopic (exact) mass is 298 g/mol. The van der Waals surface area contributed by atoms with Crippen LogP contribution in [0.5, 0.6) is 5.75 Å². The summed E-state index contributed by atoms with van der Waals surface area (Å²) < 4.78 is 7.47. The molecule has 0 aliphatic carbocycles. The summed E-state index contributed by atoms with van der Waals surface area (Å²) in [5, 5.41) is 4.98. The molecule has 0 N–H and O–H groups in total. The van der Waals surface area contributed by atoms with E-state index in [-0.39, 0.29) is 0 Å². The maximum Gasteiger partial charge on any atom is 0.127 e. The van der Waals surface area contributed by atoms with Crippen LogP contribution in [0.3, 0.4) is 0 Å². The third-order valence-corrected chi connectivity index (χ3v) is 3.55. The molecule has 4 heteroatoms. The lowest BCUT2D eigenvalue weighted by Crippen LogP contribution is -1.95. The maximum atomic E-state index is 6.03. The van der Waals surface area contributed by atoms with Crippen molar-refractivity contribution in [2.24, 2.45) is 7.05 Å². The normalized spacial score (nSPS) is 10.6. The highest BCUT2D eigenvalue weighted by molar-refractivity contribution is 6.29. The second kappa shape index (κ2) is 6.02. The fraction of sp³-hybridized carbons (Fsp3) is 0.118. The number of aromatic nitrogens is 2. The number of aryl methyl sites for hydroxylation is 1. The molecule has 3 aromatic rings. The summed E-state index contributed by atoms with van der Waals surface area (Å²) in [6, 6.07) is 19.8. The van der Waals surface area contributed by atoms with Crippen molar-refractivity contribution >= 4 is 11.6 Å². The summed E-state index contributed by atoms with van der Waals surface area (Å²) in [6.07, 6.45) is 0. The topological polar surface area (TPSA) is 27.1 Å². The Morgan fingerprint density at radius 3 is 2.57 bits per heavy atom. The lowest BCUT2D eigenvalue weighted by atomic mass is 10.1. The summed E-state index contributed by atoms with van der Waals surface area (Å²) in [5.41, 5.74) is 2.97. The zero-order valence-corrected chi connectivity index (χ0v) is 12.4. The van der Waals surface area contributed by atoms with Crippen LogP contribution >= 0.6 is 11.6 Å². The predicted molar refractivity (Wildman–Crippen MR) is 84.4 cm³/mol. The predicted octanol–water partition coefficient (Wildman–Crippen LogP) is 4.32. The van der Waals surface area contributed by atoms with Gasteiger partial charge in [0.05, 0.1) is 5.69 Å². The van der Waals surface area contributed by atoms with E-state index in [4.69, 9.17) is 16.3 Å². The first kappa shape index (κ1) is 13.7. The maximum absolute atomic E-state index is 6.03. The highest BCUT2D eigenvalue weighted by atomic mass is 35.5. The molecule has 0 radical (unpaired) electrons. The van der Waals surface area contributed by atoms with E-state index in [0.29, 0.717) is 11.8 Å². The molecule has 3 nitrogen and oxygen atoms in total. The van der Waals surface area contributed by atoms with E-state index in [1.807, 2.05) is 67.7 Å². The molecule has 0 aliphatic rings. The van der Waals surface area contributed by atoms with Gasteiger partial charge in [0.1, 0.15) is 17.5 Å². The first-order chi connectivity index (χ1) is 10.2. The molecule has 2 aromatic carbocycles. The molecule has 0 saturated heterocycles. The van der Waals surface area contributed by atoms with E-state index < -0.39 is 0 Å². The molecule has 0 bridgehead atoms. The van der Waals surface area contributed by atoms with Gasteiger partial charge >= 0.3 is 0 Å². The number of ether oxygens (including phenoxy) is 1. The standard InChI is InChI=1S/C17H15ClN2O/c1-20-17(18)11-16(19-20)14-8-5-9-15(10-14)21-12-13-6-3-2-4-7-13/h2-11H,12H2,1H3. The SMILES string of the molecule is Cn1nc(-c2cccc(OCc3ccccc3)c2)cc1Cl. The van der Waals surface area contributed by atoms with E-state index in [1.165, 1.54) is 0 Å². The number of hydrogen-bond donors (Lipinski definition) is 0. The van der Waals surface area contributed by atoms with Gasteiger partial charge in [-0.3, -0.25) is 4.68 Å². The van der Waals surface area contributed by atoms with Gasteiger partial charge in [-0.2, -0.15) is 5.10 Å². The Bertz CT molecular complexity index is 718. The third kappa shape index (κ3) is 3.26. The molecule has 0 atom stereocenters. The molecule has 3 rings (SSSR count). The van der Waals surface area contributed by atoms with Crippen molar-refractivity contribution in [2.75, 3.05) is 0 Å². The fourth-order valence-electron chi connectivity index (χ4n) is 2.07. The molecular formula is C17H15ClN2O. The van der Waals surface area contributed by atoms with Crippen LogP contribution in [-0.4, -0.2) is 9.78 Å². The largest absolute Gasteiger partial charge is 0.489 e. The minimum absolute atomic E-state index is 0.549. The van der Waals surface area contributed by atoms with Crippen LogP contribution in [0.1, 0.15) is 5.56 Å². The zero-order chi connectivity index (χ0) is 14.7. The Morgan fingerprint density at radius 2 is 1.86 bits per heavy atom. The van der Waals surface area contributed by atoms with Gasteiger partial charge in [0, 0.05) is 18.7 Å². The summed E-state index contributed by atoms with van der Waals surface area (Å²) in [6.45, 7) is 0.549. The summed E-state index contributed by atoms with van der Waals surface area (Å²) in [7, 11) is 1.82. The molecular weight excluding hydrogens is 284 g/mol. The third-order valence-electron chi connectivity index (χ3n) is 3.20. The quantitative estimate of drug-likeness (QED) is 0.717. The molecule has 0 aliphatic heterocycles. The Kier molecular flexibility index (Phi) is 3.93. The van der Waals surface area contributed by atoms with Crippen LogP contribution in [-0.2, 0) is 13.7 Å². The van der Waals surface area contributed by atoms with Crippen LogP contribution < -0.4 is 4.74 Å². The lowest BCUT2D eigenvalue weighted by molar-refractivity contribution is 0.306. The molecule has 106 valence electrons. The van der Waals surface area contributed by atoms with E-state index in [2.05, 4.69) is 5.10 Å². The minimum atomic E-state index is 0.549. The van der Waals surface area contributed by atoms with E-state index >= 15 is 0 Å². The number of hydrogen-bond acceptors (Lipinski definition) is 2. The number of halogens is 1. The second-order valence-electron chi connectivity index (χ2n) is 4.78. The highest BCUT2D eigenvalue weighted by Gasteiger charge is 2.06. The number of nitrogens with zero attached hydrogens (tertiary/aromatic N) is 2. The van der Waals surface area contributed by atoms with Crippen LogP contribution in [0.15, 0.2) is 60.7 Å². The Morgan fingerprint density at radius 1 is 1.05 bits per heavy atom. The van der Waals surface area contributed by atoms with Gasteiger partial charge in [-0.15, -0.1) is 0 Å². The Balaban J connectivity index is 1.77. The van der Waals surface area contributed by atoms with Crippen molar-refractivity contribution in [1.82, 2.24) is 9.78 Å². The van der Waals surface area contributed by atoms with Gasteiger partial charge in [0.2, 0.25) is 0 Å². The summed E-state index contributed by atoms with van der Waals surface area (Å²) in [4.78, 5) is 0. The first-order valence-corrected chi connectivity index (χ1v) is 7.07. The molecule has 0 fully saturated rings. The van der Waals surface area contributed by atoms with Crippen molar-refractivity contribution in [1.29, 1.82) is 0 Å². The Labute approximate surface area is 128 Å². The molecule has 1 aromatic heterocycles. The van der Waals surface area contributed by atoms with Gasteiger partial charge in [-0.25, -0.2) is 0 Å². The van der Waals surface area contributed by atoms with Crippen LogP contribution in [0.4, 0.5) is 0 Å². The lowest BCUT2D eigenvalue weighted by Gasteiger charge is -2.07. The Hall–Kier alpha value is -2.26. The van der Waals surface area contributed by atoms with Crippen molar-refractivity contribution in [2.45, 2.75) is 6.61 Å². The van der Waals surface area contributed by atoms with Crippen LogP contribution in [0.25, 0.3) is 11.3 Å². The molecule has 21 heavy (non-hydrogen) atoms. The van der Waals surface area contributed by atoms with E-state index in [0.717, 1.165) is 22.6 Å². The van der Waals surface area contributed by atoms with Crippen molar-refractivity contribution in [3.63, 3.8) is 0 Å². The van der Waals surface area contributed by atoms with E-state index in [1.54, 1.807) is 4.68 Å². The number of rotatable bonds is 4. The van der Waals surface area contributed by atoms with Crippen molar-refractivity contribution in [3.8, 4) is 17.0 Å². The highest BCUT2D eigenvalue weighted by Crippen LogP contribution is 2.25. The van der Waals surface area contributed by atoms with Gasteiger partial charge in [-0.05, 0) is 17.7 Å². The average molecular weight is 299 g/mol. The smallest absolute Gasteiger partial charge is 0.127 e. The zero-order valence-electron chi connectivity index (χ0n) is 11.7. The van der Waals surface area contributed by atoms with Gasteiger partial charge < -0.3 is 4.74 Å². The first-order valence-electron chi connectivity index (χ1n) is 6.69. The van der Waals surface area contributed by atoms with E-state index in [9.17, 15) is 0 Å². The van der Waals surface area contributed by atoms with Crippen molar-refractivity contribution in [3.05, 3.63) is 71.4 Å². The van der Waals surface area contributed by atoms with Gasteiger partial charge in [-0.1, -0.05) is 54.1 Å². The fourth-order valence-corrected chi connectivity index (χ4v) is 2.21. The molecule has 0 spiro atoms. The van der Waals surface area contributed by atoms with Gasteiger partial charge in [0.15, 0.2) is 0 Å². The second-order valence-corrected chi connectivity index (χ2v) is 5.17. The molecule has 0 unspecified atom stereocenters. The molecule has 0 amide bonds. The van der Waals surface area contributed by atoms with Crippen LogP contribution in [0, 0.1) is 0 Å². The molecule has 1 heterocycles. The minimum Gasteiger partial charge on any atom is -0.489 e. The molecule has 0 saturated carbocycles. The summed E-state index contributed by atoms with van der Waals surface area (Å²) in [5.74, 6) is 0.818.